The average molecular weight is 429 g/mol. The van der Waals surface area contributed by atoms with E-state index in [1.807, 2.05) is 36.4 Å². The molecular weight excluding hydrogens is 412 g/mol. The zero-order valence-corrected chi connectivity index (χ0v) is 17.3. The summed E-state index contributed by atoms with van der Waals surface area (Å²) in [7, 11) is 1.57. The Bertz CT molecular complexity index is 1310. The topological polar surface area (TPSA) is 87.9 Å². The molecule has 0 aliphatic carbocycles. The third-order valence-electron chi connectivity index (χ3n) is 4.91. The number of aromatic nitrogens is 2. The van der Waals surface area contributed by atoms with Crippen molar-refractivity contribution < 1.29 is 9.53 Å². The highest BCUT2D eigenvalue weighted by Gasteiger charge is 2.13. The lowest BCUT2D eigenvalue weighted by molar-refractivity contribution is 0.112. The summed E-state index contributed by atoms with van der Waals surface area (Å²) in [5, 5.41) is 23.6. The fraction of sp³-hybridized carbons (Fsp3) is 0.0833. The number of aldehydes is 1. The van der Waals surface area contributed by atoms with Crippen LogP contribution in [0.15, 0.2) is 60.7 Å². The molecule has 1 N–H and O–H groups in total. The molecule has 0 amide bonds. The van der Waals surface area contributed by atoms with Gasteiger partial charge in [-0.05, 0) is 29.8 Å². The molecule has 1 heterocycles. The first kappa shape index (κ1) is 20.3. The molecule has 4 rings (SSSR count). The predicted octanol–water partition coefficient (Wildman–Crippen LogP) is 5.26. The molecule has 152 valence electrons. The standard InChI is InChI=1S/C24H17ClN4O2/c1-31-22-9-5-17(11-21(22)25)13-27-24-20-10-16(12-26)4-8-19(20)23(28-29-24)18-6-2-15(14-30)3-7-18/h2-11,14H,13H2,1H3,(H,27,29). The Morgan fingerprint density at radius 1 is 1.06 bits per heavy atom. The number of methoxy groups -OCH3 is 1. The van der Waals surface area contributed by atoms with Gasteiger partial charge in [-0.15, -0.1) is 10.2 Å². The van der Waals surface area contributed by atoms with E-state index < -0.39 is 0 Å². The quantitative estimate of drug-likeness (QED) is 0.422. The van der Waals surface area contributed by atoms with Crippen LogP contribution < -0.4 is 10.1 Å². The Hall–Kier alpha value is -3.95. The third kappa shape index (κ3) is 4.18. The molecular formula is C24H17ClN4O2. The van der Waals surface area contributed by atoms with E-state index in [1.54, 1.807) is 31.4 Å². The van der Waals surface area contributed by atoms with Crippen molar-refractivity contribution in [3.8, 4) is 23.1 Å². The molecule has 0 saturated carbocycles. The molecule has 0 saturated heterocycles. The van der Waals surface area contributed by atoms with E-state index >= 15 is 0 Å². The van der Waals surface area contributed by atoms with Gasteiger partial charge in [0.15, 0.2) is 5.82 Å². The molecule has 0 atom stereocenters. The lowest BCUT2D eigenvalue weighted by atomic mass is 10.0. The average Bonchev–Trinajstić information content (AvgIpc) is 2.82. The Balaban J connectivity index is 1.72. The molecule has 0 bridgehead atoms. The number of carbonyl (C=O) groups is 1. The van der Waals surface area contributed by atoms with Crippen molar-refractivity contribution in [3.05, 3.63) is 82.4 Å². The molecule has 0 fully saturated rings. The zero-order chi connectivity index (χ0) is 21.8. The number of rotatable bonds is 6. The van der Waals surface area contributed by atoms with Crippen molar-refractivity contribution in [1.82, 2.24) is 10.2 Å². The van der Waals surface area contributed by atoms with E-state index in [9.17, 15) is 10.1 Å². The van der Waals surface area contributed by atoms with Gasteiger partial charge >= 0.3 is 0 Å². The molecule has 31 heavy (non-hydrogen) atoms. The molecule has 7 heteroatoms. The molecule has 4 aromatic rings. The van der Waals surface area contributed by atoms with Gasteiger partial charge in [0.1, 0.15) is 17.7 Å². The van der Waals surface area contributed by atoms with Crippen LogP contribution in [0.3, 0.4) is 0 Å². The van der Waals surface area contributed by atoms with Crippen LogP contribution in [0.1, 0.15) is 21.5 Å². The van der Waals surface area contributed by atoms with Crippen LogP contribution in [0, 0.1) is 11.3 Å². The van der Waals surface area contributed by atoms with E-state index in [0.29, 0.717) is 40.0 Å². The van der Waals surface area contributed by atoms with Gasteiger partial charge in [-0.25, -0.2) is 0 Å². The van der Waals surface area contributed by atoms with Gasteiger partial charge in [0, 0.05) is 28.4 Å². The summed E-state index contributed by atoms with van der Waals surface area (Å²) in [6.07, 6.45) is 0.797. The maximum Gasteiger partial charge on any atom is 0.156 e. The molecule has 6 nitrogen and oxygen atoms in total. The summed E-state index contributed by atoms with van der Waals surface area (Å²) < 4.78 is 5.19. The van der Waals surface area contributed by atoms with Gasteiger partial charge in [0.25, 0.3) is 0 Å². The SMILES string of the molecule is COc1ccc(CNc2nnc(-c3ccc(C=O)cc3)c3ccc(C#N)cc23)cc1Cl. The van der Waals surface area contributed by atoms with Crippen LogP contribution in [-0.2, 0) is 6.54 Å². The van der Waals surface area contributed by atoms with Crippen molar-refractivity contribution in [1.29, 1.82) is 5.26 Å². The Labute approximate surface area is 184 Å². The van der Waals surface area contributed by atoms with Crippen molar-refractivity contribution in [2.75, 3.05) is 12.4 Å². The van der Waals surface area contributed by atoms with E-state index in [0.717, 1.165) is 28.2 Å². The van der Waals surface area contributed by atoms with Crippen LogP contribution in [0.2, 0.25) is 5.02 Å². The molecule has 1 aromatic heterocycles. The summed E-state index contributed by atoms with van der Waals surface area (Å²) in [5.74, 6) is 1.17. The summed E-state index contributed by atoms with van der Waals surface area (Å²) in [6.45, 7) is 0.470. The first-order chi connectivity index (χ1) is 15.1. The highest BCUT2D eigenvalue weighted by Crippen LogP contribution is 2.31. The second-order valence-electron chi connectivity index (χ2n) is 6.83. The van der Waals surface area contributed by atoms with Gasteiger partial charge in [-0.2, -0.15) is 5.26 Å². The number of carbonyl (C=O) groups excluding carboxylic acids is 1. The number of halogens is 1. The van der Waals surface area contributed by atoms with Crippen molar-refractivity contribution in [3.63, 3.8) is 0 Å². The van der Waals surface area contributed by atoms with E-state index in [4.69, 9.17) is 16.3 Å². The Morgan fingerprint density at radius 3 is 2.55 bits per heavy atom. The predicted molar refractivity (Wildman–Crippen MR) is 120 cm³/mol. The summed E-state index contributed by atoms with van der Waals surface area (Å²) in [4.78, 5) is 10.9. The van der Waals surface area contributed by atoms with Crippen LogP contribution in [0.5, 0.6) is 5.75 Å². The van der Waals surface area contributed by atoms with E-state index in [2.05, 4.69) is 21.6 Å². The number of benzene rings is 3. The maximum absolute atomic E-state index is 10.9. The van der Waals surface area contributed by atoms with E-state index in [1.165, 1.54) is 0 Å². The second-order valence-corrected chi connectivity index (χ2v) is 7.24. The summed E-state index contributed by atoms with van der Waals surface area (Å²) in [5.41, 5.74) is 3.57. The van der Waals surface area contributed by atoms with Gasteiger partial charge in [0.05, 0.1) is 23.8 Å². The Morgan fingerprint density at radius 2 is 1.87 bits per heavy atom. The number of nitriles is 1. The molecule has 0 aliphatic heterocycles. The van der Waals surface area contributed by atoms with Gasteiger partial charge in [-0.3, -0.25) is 4.79 Å². The fourth-order valence-electron chi connectivity index (χ4n) is 3.29. The number of fused-ring (bicyclic) bond motifs is 1. The minimum Gasteiger partial charge on any atom is -0.495 e. The first-order valence-corrected chi connectivity index (χ1v) is 9.83. The highest BCUT2D eigenvalue weighted by molar-refractivity contribution is 6.32. The minimum atomic E-state index is 0.470. The normalized spacial score (nSPS) is 10.5. The van der Waals surface area contributed by atoms with E-state index in [-0.39, 0.29) is 0 Å². The smallest absolute Gasteiger partial charge is 0.156 e. The van der Waals surface area contributed by atoms with Gasteiger partial charge in [0.2, 0.25) is 0 Å². The maximum atomic E-state index is 10.9. The molecule has 0 spiro atoms. The van der Waals surface area contributed by atoms with Crippen molar-refractivity contribution in [2.45, 2.75) is 6.54 Å². The summed E-state index contributed by atoms with van der Waals surface area (Å²) >= 11 is 6.22. The Kier molecular flexibility index (Phi) is 5.78. The van der Waals surface area contributed by atoms with Crippen molar-refractivity contribution >= 4 is 34.5 Å². The fourth-order valence-corrected chi connectivity index (χ4v) is 3.57. The highest BCUT2D eigenvalue weighted by atomic mass is 35.5. The molecule has 0 unspecified atom stereocenters. The lowest BCUT2D eigenvalue weighted by Gasteiger charge is -2.12. The molecule has 0 aliphatic rings. The first-order valence-electron chi connectivity index (χ1n) is 9.45. The van der Waals surface area contributed by atoms with Crippen molar-refractivity contribution in [2.24, 2.45) is 0 Å². The largest absolute Gasteiger partial charge is 0.495 e. The zero-order valence-electron chi connectivity index (χ0n) is 16.6. The van der Waals surface area contributed by atoms with Crippen LogP contribution in [0.4, 0.5) is 5.82 Å². The number of hydrogen-bond acceptors (Lipinski definition) is 6. The van der Waals surface area contributed by atoms with Gasteiger partial charge < -0.3 is 10.1 Å². The number of nitrogens with zero attached hydrogens (tertiary/aromatic N) is 3. The number of nitrogens with one attached hydrogen (secondary N) is 1. The van der Waals surface area contributed by atoms with Crippen LogP contribution in [0.25, 0.3) is 22.0 Å². The number of anilines is 1. The van der Waals surface area contributed by atoms with Crippen LogP contribution >= 0.6 is 11.6 Å². The molecule has 0 radical (unpaired) electrons. The van der Waals surface area contributed by atoms with Gasteiger partial charge in [-0.1, -0.05) is 48.0 Å². The number of hydrogen-bond donors (Lipinski definition) is 1. The second kappa shape index (κ2) is 8.82. The van der Waals surface area contributed by atoms with Crippen LogP contribution in [-0.4, -0.2) is 23.6 Å². The third-order valence-corrected chi connectivity index (χ3v) is 5.20. The number of ether oxygens (including phenoxy) is 1. The lowest BCUT2D eigenvalue weighted by Crippen LogP contribution is -2.04. The summed E-state index contributed by atoms with van der Waals surface area (Å²) in [6, 6.07) is 20.3. The minimum absolute atomic E-state index is 0.470. The monoisotopic (exact) mass is 428 g/mol. The molecule has 3 aromatic carbocycles.